The van der Waals surface area contributed by atoms with Crippen LogP contribution in [0.1, 0.15) is 25.7 Å². The molecule has 8 heteroatoms. The first-order valence-electron chi connectivity index (χ1n) is 4.59. The molecule has 0 aromatic carbocycles. The smallest absolute Gasteiger partial charge is 0.303 e. The van der Waals surface area contributed by atoms with E-state index in [0.717, 1.165) is 0 Å². The summed E-state index contributed by atoms with van der Waals surface area (Å²) in [6.07, 6.45) is -0.498. The molecular formula is C8H14O7S. The molecular weight excluding hydrogens is 240 g/mol. The van der Waals surface area contributed by atoms with Gasteiger partial charge >= 0.3 is 11.9 Å². The van der Waals surface area contributed by atoms with Gasteiger partial charge in [0.2, 0.25) is 0 Å². The monoisotopic (exact) mass is 254 g/mol. The molecule has 7 nitrogen and oxygen atoms in total. The van der Waals surface area contributed by atoms with E-state index < -0.39 is 33.7 Å². The summed E-state index contributed by atoms with van der Waals surface area (Å²) in [6, 6.07) is 0. The summed E-state index contributed by atoms with van der Waals surface area (Å²) in [5.74, 6) is -3.30. The SMILES string of the molecule is O=C(O)CCC(CCS(=O)(=O)O)CC(=O)O. The minimum atomic E-state index is -4.13. The summed E-state index contributed by atoms with van der Waals surface area (Å²) >= 11 is 0. The van der Waals surface area contributed by atoms with E-state index in [1.165, 1.54) is 0 Å². The Balaban J connectivity index is 4.20. The summed E-state index contributed by atoms with van der Waals surface area (Å²) in [5.41, 5.74) is 0. The highest BCUT2D eigenvalue weighted by molar-refractivity contribution is 7.85. The summed E-state index contributed by atoms with van der Waals surface area (Å²) in [7, 11) is -4.13. The van der Waals surface area contributed by atoms with Crippen molar-refractivity contribution >= 4 is 22.1 Å². The lowest BCUT2D eigenvalue weighted by Gasteiger charge is -2.12. The minimum Gasteiger partial charge on any atom is -0.481 e. The molecule has 0 rings (SSSR count). The lowest BCUT2D eigenvalue weighted by Crippen LogP contribution is -2.15. The molecule has 0 bridgehead atoms. The van der Waals surface area contributed by atoms with E-state index in [0.29, 0.717) is 0 Å². The van der Waals surface area contributed by atoms with Gasteiger partial charge in [-0.2, -0.15) is 8.42 Å². The molecule has 0 aromatic heterocycles. The number of rotatable bonds is 8. The maximum Gasteiger partial charge on any atom is 0.303 e. The van der Waals surface area contributed by atoms with Crippen LogP contribution in [-0.2, 0) is 19.7 Å². The van der Waals surface area contributed by atoms with Crippen molar-refractivity contribution in [3.8, 4) is 0 Å². The molecule has 0 fully saturated rings. The minimum absolute atomic E-state index is 0.0571. The third kappa shape index (κ3) is 9.41. The molecule has 0 radical (unpaired) electrons. The Labute approximate surface area is 92.8 Å². The molecule has 0 aromatic rings. The van der Waals surface area contributed by atoms with Gasteiger partial charge in [-0.25, -0.2) is 0 Å². The van der Waals surface area contributed by atoms with Gasteiger partial charge in [0.1, 0.15) is 0 Å². The third-order valence-corrected chi connectivity index (χ3v) is 2.77. The molecule has 94 valence electrons. The topological polar surface area (TPSA) is 129 Å². The van der Waals surface area contributed by atoms with Crippen molar-refractivity contribution in [3.63, 3.8) is 0 Å². The highest BCUT2D eigenvalue weighted by Crippen LogP contribution is 2.16. The molecule has 0 amide bonds. The molecule has 0 aliphatic rings. The Morgan fingerprint density at radius 3 is 2.00 bits per heavy atom. The number of carboxylic acids is 2. The quantitative estimate of drug-likeness (QED) is 0.528. The van der Waals surface area contributed by atoms with Crippen LogP contribution in [0.15, 0.2) is 0 Å². The van der Waals surface area contributed by atoms with Crippen LogP contribution in [0.5, 0.6) is 0 Å². The van der Waals surface area contributed by atoms with Crippen molar-refractivity contribution in [2.75, 3.05) is 5.75 Å². The van der Waals surface area contributed by atoms with Crippen LogP contribution >= 0.6 is 0 Å². The van der Waals surface area contributed by atoms with Gasteiger partial charge in [0, 0.05) is 12.8 Å². The first-order chi connectivity index (χ1) is 7.20. The second-order valence-corrected chi connectivity index (χ2v) is 5.04. The second kappa shape index (κ2) is 6.44. The number of carboxylic acid groups (broad SMARTS) is 2. The van der Waals surface area contributed by atoms with Crippen LogP contribution in [0.4, 0.5) is 0 Å². The van der Waals surface area contributed by atoms with E-state index in [-0.39, 0.29) is 25.7 Å². The summed E-state index contributed by atoms with van der Waals surface area (Å²) in [4.78, 5) is 20.7. The maximum atomic E-state index is 10.5. The third-order valence-electron chi connectivity index (χ3n) is 2.01. The van der Waals surface area contributed by atoms with Gasteiger partial charge in [-0.1, -0.05) is 0 Å². The molecule has 1 atom stereocenters. The van der Waals surface area contributed by atoms with E-state index >= 15 is 0 Å². The maximum absolute atomic E-state index is 10.5. The van der Waals surface area contributed by atoms with E-state index in [4.69, 9.17) is 14.8 Å². The standard InChI is InChI=1S/C8H14O7S/c9-7(10)2-1-6(5-8(11)12)3-4-16(13,14)15/h6H,1-5H2,(H,9,10)(H,11,12)(H,13,14,15). The fourth-order valence-corrected chi connectivity index (χ4v) is 1.87. The predicted octanol–water partition coefficient (Wildman–Crippen LogP) is 0.220. The van der Waals surface area contributed by atoms with Crippen molar-refractivity contribution < 1.29 is 32.8 Å². The number of aliphatic carboxylic acids is 2. The van der Waals surface area contributed by atoms with Crippen LogP contribution in [0.25, 0.3) is 0 Å². The van der Waals surface area contributed by atoms with Crippen LogP contribution in [0.2, 0.25) is 0 Å². The highest BCUT2D eigenvalue weighted by Gasteiger charge is 2.17. The van der Waals surface area contributed by atoms with E-state index in [2.05, 4.69) is 0 Å². The molecule has 0 saturated heterocycles. The van der Waals surface area contributed by atoms with Crippen molar-refractivity contribution in [3.05, 3.63) is 0 Å². The van der Waals surface area contributed by atoms with Crippen molar-refractivity contribution in [1.82, 2.24) is 0 Å². The van der Waals surface area contributed by atoms with E-state index in [1.54, 1.807) is 0 Å². The van der Waals surface area contributed by atoms with Crippen LogP contribution in [-0.4, -0.2) is 40.9 Å². The van der Waals surface area contributed by atoms with Crippen molar-refractivity contribution in [2.45, 2.75) is 25.7 Å². The van der Waals surface area contributed by atoms with Gasteiger partial charge in [0.05, 0.1) is 5.75 Å². The number of hydrogen-bond acceptors (Lipinski definition) is 4. The molecule has 0 saturated carbocycles. The number of carbonyl (C=O) groups is 2. The van der Waals surface area contributed by atoms with Crippen LogP contribution < -0.4 is 0 Å². The summed E-state index contributed by atoms with van der Waals surface area (Å²) in [6.45, 7) is 0. The molecule has 0 aliphatic heterocycles. The Bertz CT molecular complexity index is 345. The highest BCUT2D eigenvalue weighted by atomic mass is 32.2. The Morgan fingerprint density at radius 1 is 1.06 bits per heavy atom. The normalized spacial score (nSPS) is 13.3. The van der Waals surface area contributed by atoms with E-state index in [1.807, 2.05) is 0 Å². The average molecular weight is 254 g/mol. The van der Waals surface area contributed by atoms with Gasteiger partial charge in [-0.15, -0.1) is 0 Å². The van der Waals surface area contributed by atoms with Crippen LogP contribution in [0, 0.1) is 5.92 Å². The van der Waals surface area contributed by atoms with E-state index in [9.17, 15) is 18.0 Å². The summed E-state index contributed by atoms with van der Waals surface area (Å²) in [5, 5.41) is 16.9. The zero-order valence-electron chi connectivity index (χ0n) is 8.50. The zero-order valence-corrected chi connectivity index (χ0v) is 9.31. The Kier molecular flexibility index (Phi) is 5.97. The molecule has 0 aliphatic carbocycles. The first-order valence-corrected chi connectivity index (χ1v) is 6.20. The van der Waals surface area contributed by atoms with Gasteiger partial charge in [0.25, 0.3) is 10.1 Å². The van der Waals surface area contributed by atoms with Gasteiger partial charge in [-0.3, -0.25) is 14.1 Å². The molecule has 3 N–H and O–H groups in total. The van der Waals surface area contributed by atoms with Gasteiger partial charge in [-0.05, 0) is 18.8 Å². The van der Waals surface area contributed by atoms with Gasteiger partial charge in [0.15, 0.2) is 0 Å². The lowest BCUT2D eigenvalue weighted by molar-refractivity contribution is -0.140. The van der Waals surface area contributed by atoms with Crippen molar-refractivity contribution in [2.24, 2.45) is 5.92 Å². The Morgan fingerprint density at radius 2 is 1.62 bits per heavy atom. The first kappa shape index (κ1) is 14.8. The predicted molar refractivity (Wildman–Crippen MR) is 53.6 cm³/mol. The summed E-state index contributed by atoms with van der Waals surface area (Å²) < 4.78 is 29.4. The van der Waals surface area contributed by atoms with Crippen molar-refractivity contribution in [1.29, 1.82) is 0 Å². The number of hydrogen-bond donors (Lipinski definition) is 3. The van der Waals surface area contributed by atoms with Gasteiger partial charge < -0.3 is 10.2 Å². The fraction of sp³-hybridized carbons (Fsp3) is 0.750. The molecule has 0 heterocycles. The lowest BCUT2D eigenvalue weighted by atomic mass is 9.97. The molecule has 1 unspecified atom stereocenters. The van der Waals surface area contributed by atoms with Crippen LogP contribution in [0.3, 0.4) is 0 Å². The molecule has 0 spiro atoms. The largest absolute Gasteiger partial charge is 0.481 e. The Hall–Kier alpha value is -1.15. The average Bonchev–Trinajstić information content (AvgIpc) is 2.07. The fourth-order valence-electron chi connectivity index (χ4n) is 1.24. The second-order valence-electron chi connectivity index (χ2n) is 3.47. The zero-order chi connectivity index (χ0) is 12.8. The molecule has 16 heavy (non-hydrogen) atoms.